The van der Waals surface area contributed by atoms with Crippen molar-refractivity contribution >= 4 is 23.0 Å². The summed E-state index contributed by atoms with van der Waals surface area (Å²) < 4.78 is 0. The fourth-order valence-electron chi connectivity index (χ4n) is 2.57. The van der Waals surface area contributed by atoms with Crippen LogP contribution in [0.2, 0.25) is 5.02 Å². The van der Waals surface area contributed by atoms with E-state index in [1.807, 2.05) is 6.07 Å². The van der Waals surface area contributed by atoms with Gasteiger partial charge in [0, 0.05) is 38.2 Å². The van der Waals surface area contributed by atoms with Crippen molar-refractivity contribution in [2.75, 3.05) is 43.0 Å². The van der Waals surface area contributed by atoms with E-state index in [-0.39, 0.29) is 0 Å². The van der Waals surface area contributed by atoms with Crippen LogP contribution in [0.15, 0.2) is 12.1 Å². The van der Waals surface area contributed by atoms with E-state index in [0.29, 0.717) is 6.54 Å². The first-order valence-electron chi connectivity index (χ1n) is 6.10. The van der Waals surface area contributed by atoms with E-state index in [1.54, 1.807) is 0 Å². The zero-order valence-electron chi connectivity index (χ0n) is 10.5. The predicted molar refractivity (Wildman–Crippen MR) is 75.3 cm³/mol. The predicted octanol–water partition coefficient (Wildman–Crippen LogP) is 2.25. The molecule has 0 spiro atoms. The second-order valence-corrected chi connectivity index (χ2v) is 5.08. The third-order valence-electron chi connectivity index (χ3n) is 3.29. The average molecular weight is 254 g/mol. The minimum Gasteiger partial charge on any atom is -0.373 e. The average Bonchev–Trinajstić information content (AvgIpc) is 2.40. The van der Waals surface area contributed by atoms with Gasteiger partial charge in [-0.25, -0.2) is 0 Å². The molecule has 0 saturated heterocycles. The van der Waals surface area contributed by atoms with E-state index >= 15 is 0 Å². The number of hydrogen-bond acceptors (Lipinski definition) is 3. The molecule has 0 amide bonds. The monoisotopic (exact) mass is 253 g/mol. The summed E-state index contributed by atoms with van der Waals surface area (Å²) in [5.41, 5.74) is 9.44. The Morgan fingerprint density at radius 3 is 2.82 bits per heavy atom. The molecule has 4 heteroatoms. The summed E-state index contributed by atoms with van der Waals surface area (Å²) >= 11 is 6.17. The van der Waals surface area contributed by atoms with Gasteiger partial charge < -0.3 is 15.5 Å². The highest BCUT2D eigenvalue weighted by Crippen LogP contribution is 2.36. The fraction of sp³-hybridized carbons (Fsp3) is 0.538. The van der Waals surface area contributed by atoms with E-state index in [2.05, 4.69) is 29.8 Å². The van der Waals surface area contributed by atoms with Gasteiger partial charge in [-0.1, -0.05) is 11.6 Å². The number of nitrogens with zero attached hydrogens (tertiary/aromatic N) is 2. The van der Waals surface area contributed by atoms with Crippen LogP contribution in [0.25, 0.3) is 0 Å². The third-order valence-corrected chi connectivity index (χ3v) is 3.51. The first-order chi connectivity index (χ1) is 8.13. The minimum absolute atomic E-state index is 0.675. The normalized spacial score (nSPS) is 15.8. The molecule has 1 aliphatic heterocycles. The summed E-state index contributed by atoms with van der Waals surface area (Å²) in [6.45, 7) is 5.81. The molecule has 94 valence electrons. The summed E-state index contributed by atoms with van der Waals surface area (Å²) in [4.78, 5) is 4.66. The lowest BCUT2D eigenvalue weighted by Gasteiger charge is -2.27. The molecule has 1 aromatic carbocycles. The third kappa shape index (κ3) is 2.50. The molecule has 2 N–H and O–H groups in total. The van der Waals surface area contributed by atoms with Crippen LogP contribution in [0, 0.1) is 6.92 Å². The van der Waals surface area contributed by atoms with Gasteiger partial charge in [-0.3, -0.25) is 0 Å². The Balaban J connectivity index is 2.50. The molecule has 0 aromatic heterocycles. The van der Waals surface area contributed by atoms with Gasteiger partial charge in [0.25, 0.3) is 0 Å². The number of nitrogens with two attached hydrogens (primary N) is 1. The molecule has 0 radical (unpaired) electrons. The second kappa shape index (κ2) is 5.15. The van der Waals surface area contributed by atoms with E-state index in [0.717, 1.165) is 31.1 Å². The summed E-state index contributed by atoms with van der Waals surface area (Å²) in [7, 11) is 2.14. The van der Waals surface area contributed by atoms with Crippen molar-refractivity contribution in [3.05, 3.63) is 22.7 Å². The van der Waals surface area contributed by atoms with Crippen LogP contribution < -0.4 is 15.5 Å². The highest BCUT2D eigenvalue weighted by molar-refractivity contribution is 6.31. The van der Waals surface area contributed by atoms with E-state index in [1.165, 1.54) is 16.9 Å². The Morgan fingerprint density at radius 2 is 2.12 bits per heavy atom. The molecule has 2 rings (SSSR count). The number of benzene rings is 1. The van der Waals surface area contributed by atoms with Gasteiger partial charge in [0.1, 0.15) is 0 Å². The number of rotatable bonds is 2. The zero-order valence-corrected chi connectivity index (χ0v) is 11.3. The van der Waals surface area contributed by atoms with Crippen LogP contribution in [0.3, 0.4) is 0 Å². The van der Waals surface area contributed by atoms with Crippen molar-refractivity contribution in [3.8, 4) is 0 Å². The number of hydrogen-bond donors (Lipinski definition) is 1. The molecule has 0 atom stereocenters. The lowest BCUT2D eigenvalue weighted by atomic mass is 10.1. The van der Waals surface area contributed by atoms with Crippen molar-refractivity contribution < 1.29 is 0 Å². The first kappa shape index (κ1) is 12.5. The maximum absolute atomic E-state index is 6.17. The molecule has 0 saturated carbocycles. The lowest BCUT2D eigenvalue weighted by Crippen LogP contribution is -2.30. The lowest BCUT2D eigenvalue weighted by molar-refractivity contribution is 0.741. The topological polar surface area (TPSA) is 32.5 Å². The molecule has 17 heavy (non-hydrogen) atoms. The Labute approximate surface area is 108 Å². The Hall–Kier alpha value is -0.930. The van der Waals surface area contributed by atoms with Crippen molar-refractivity contribution in [1.82, 2.24) is 0 Å². The summed E-state index contributed by atoms with van der Waals surface area (Å²) in [6, 6.07) is 4.09. The Bertz CT molecular complexity index is 406. The molecule has 1 heterocycles. The van der Waals surface area contributed by atoms with Gasteiger partial charge in [-0.2, -0.15) is 0 Å². The van der Waals surface area contributed by atoms with Gasteiger partial charge in [-0.15, -0.1) is 0 Å². The summed E-state index contributed by atoms with van der Waals surface area (Å²) in [6.07, 6.45) is 1.15. The van der Waals surface area contributed by atoms with Crippen LogP contribution in [-0.2, 0) is 0 Å². The number of aryl methyl sites for hydroxylation is 1. The standard InChI is InChI=1S/C13H20ClN3/c1-10-8-11(14)9-12-13(10)16(2)5-3-6-17(12)7-4-15/h8-9H,3-7,15H2,1-2H3. The van der Waals surface area contributed by atoms with Gasteiger partial charge in [0.15, 0.2) is 0 Å². The molecule has 0 unspecified atom stereocenters. The Kier molecular flexibility index (Phi) is 3.79. The summed E-state index contributed by atoms with van der Waals surface area (Å²) in [5.74, 6) is 0. The highest BCUT2D eigenvalue weighted by Gasteiger charge is 2.20. The fourth-order valence-corrected chi connectivity index (χ4v) is 2.84. The van der Waals surface area contributed by atoms with E-state index in [9.17, 15) is 0 Å². The number of halogens is 1. The van der Waals surface area contributed by atoms with Crippen LogP contribution in [0.5, 0.6) is 0 Å². The smallest absolute Gasteiger partial charge is 0.0632 e. The molecule has 0 bridgehead atoms. The maximum atomic E-state index is 6.17. The largest absolute Gasteiger partial charge is 0.373 e. The molecule has 0 aliphatic carbocycles. The van der Waals surface area contributed by atoms with Gasteiger partial charge in [0.2, 0.25) is 0 Å². The molecule has 3 nitrogen and oxygen atoms in total. The van der Waals surface area contributed by atoms with Crippen LogP contribution in [0.4, 0.5) is 11.4 Å². The Morgan fingerprint density at radius 1 is 1.35 bits per heavy atom. The van der Waals surface area contributed by atoms with E-state index < -0.39 is 0 Å². The zero-order chi connectivity index (χ0) is 12.4. The van der Waals surface area contributed by atoms with Gasteiger partial charge >= 0.3 is 0 Å². The maximum Gasteiger partial charge on any atom is 0.0632 e. The molecule has 1 aliphatic rings. The van der Waals surface area contributed by atoms with Gasteiger partial charge in [-0.05, 0) is 31.0 Å². The second-order valence-electron chi connectivity index (χ2n) is 4.64. The van der Waals surface area contributed by atoms with Crippen molar-refractivity contribution in [2.24, 2.45) is 5.73 Å². The molecular formula is C13H20ClN3. The van der Waals surface area contributed by atoms with Crippen molar-refractivity contribution in [3.63, 3.8) is 0 Å². The molecule has 1 aromatic rings. The summed E-state index contributed by atoms with van der Waals surface area (Å²) in [5, 5.41) is 0.804. The van der Waals surface area contributed by atoms with E-state index in [4.69, 9.17) is 17.3 Å². The van der Waals surface area contributed by atoms with Crippen LogP contribution >= 0.6 is 11.6 Å². The van der Waals surface area contributed by atoms with Crippen LogP contribution in [-0.4, -0.2) is 33.2 Å². The van der Waals surface area contributed by atoms with Crippen molar-refractivity contribution in [1.29, 1.82) is 0 Å². The highest BCUT2D eigenvalue weighted by atomic mass is 35.5. The SMILES string of the molecule is Cc1cc(Cl)cc2c1N(C)CCCN2CCN. The number of fused-ring (bicyclic) bond motifs is 1. The molecular weight excluding hydrogens is 234 g/mol. The van der Waals surface area contributed by atoms with Crippen molar-refractivity contribution in [2.45, 2.75) is 13.3 Å². The van der Waals surface area contributed by atoms with Gasteiger partial charge in [0.05, 0.1) is 11.4 Å². The van der Waals surface area contributed by atoms with Crippen LogP contribution in [0.1, 0.15) is 12.0 Å². The quantitative estimate of drug-likeness (QED) is 0.878. The number of anilines is 2. The molecule has 0 fully saturated rings. The minimum atomic E-state index is 0.675. The first-order valence-corrected chi connectivity index (χ1v) is 6.47.